The molecule has 1 aliphatic heterocycles. The van der Waals surface area contributed by atoms with E-state index in [1.54, 1.807) is 5.56 Å². The number of pyridine rings is 2. The molecule has 3 aromatic carbocycles. The van der Waals surface area contributed by atoms with Crippen LogP contribution >= 0.6 is 0 Å². The molecule has 2 aromatic heterocycles. The molecule has 0 spiro atoms. The first-order chi connectivity index (χ1) is 22.0. The fourth-order valence-electron chi connectivity index (χ4n) is 9.31. The summed E-state index contributed by atoms with van der Waals surface area (Å²) in [6, 6.07) is 36.6. The van der Waals surface area contributed by atoms with Crippen molar-refractivity contribution in [3.63, 3.8) is 0 Å². The van der Waals surface area contributed by atoms with Crippen LogP contribution in [0.2, 0.25) is 0 Å². The number of fused-ring (bicyclic) bond motifs is 6. The summed E-state index contributed by atoms with van der Waals surface area (Å²) in [4.78, 5) is 0. The summed E-state index contributed by atoms with van der Waals surface area (Å²) in [5.41, 5.74) is 14.0. The van der Waals surface area contributed by atoms with Gasteiger partial charge in [0.15, 0.2) is 24.5 Å². The van der Waals surface area contributed by atoms with E-state index in [9.17, 15) is 0 Å². The molecule has 3 atom stereocenters. The van der Waals surface area contributed by atoms with Crippen LogP contribution in [-0.4, -0.2) is 0 Å². The van der Waals surface area contributed by atoms with Crippen molar-refractivity contribution in [2.24, 2.45) is 5.92 Å². The molecular formula is C43H48N2+2. The molecule has 1 fully saturated rings. The molecule has 0 N–H and O–H groups in total. The van der Waals surface area contributed by atoms with Gasteiger partial charge in [0.25, 0.3) is 0 Å². The molecule has 0 bridgehead atoms. The fourth-order valence-corrected chi connectivity index (χ4v) is 9.31. The molecule has 2 aliphatic rings. The summed E-state index contributed by atoms with van der Waals surface area (Å²) in [7, 11) is 0. The average Bonchev–Trinajstić information content (AvgIpc) is 3.07. The molecule has 228 valence electrons. The predicted octanol–water partition coefficient (Wildman–Crippen LogP) is 9.71. The number of rotatable bonds is 9. The van der Waals surface area contributed by atoms with E-state index in [4.69, 9.17) is 0 Å². The van der Waals surface area contributed by atoms with Crippen molar-refractivity contribution in [2.45, 2.75) is 90.6 Å². The van der Waals surface area contributed by atoms with E-state index >= 15 is 0 Å². The first-order valence-electron chi connectivity index (χ1n) is 17.3. The Labute approximate surface area is 270 Å². The zero-order valence-corrected chi connectivity index (χ0v) is 27.8. The topological polar surface area (TPSA) is 7.76 Å². The number of aromatic nitrogens is 2. The van der Waals surface area contributed by atoms with Crippen molar-refractivity contribution in [1.82, 2.24) is 0 Å². The molecule has 1 aliphatic carbocycles. The minimum absolute atomic E-state index is 0.0616. The van der Waals surface area contributed by atoms with Gasteiger partial charge in [-0.3, -0.25) is 0 Å². The van der Waals surface area contributed by atoms with Gasteiger partial charge < -0.3 is 0 Å². The number of aryl methyl sites for hydroxylation is 3. The summed E-state index contributed by atoms with van der Waals surface area (Å²) in [6.45, 7) is 12.7. The maximum Gasteiger partial charge on any atom is 0.213 e. The first kappa shape index (κ1) is 29.7. The van der Waals surface area contributed by atoms with Gasteiger partial charge in [0, 0.05) is 48.1 Å². The molecule has 5 aromatic rings. The normalized spacial score (nSPS) is 21.4. The van der Waals surface area contributed by atoms with Crippen LogP contribution in [0.5, 0.6) is 0 Å². The molecule has 1 saturated carbocycles. The van der Waals surface area contributed by atoms with Gasteiger partial charge in [0.05, 0.1) is 11.0 Å². The number of nitrogens with zero attached hydrogens (tertiary/aromatic N) is 2. The van der Waals surface area contributed by atoms with E-state index in [1.807, 2.05) is 0 Å². The third-order valence-corrected chi connectivity index (χ3v) is 11.5. The molecule has 0 amide bonds. The van der Waals surface area contributed by atoms with Crippen molar-refractivity contribution in [1.29, 1.82) is 0 Å². The van der Waals surface area contributed by atoms with Gasteiger partial charge in [0.1, 0.15) is 0 Å². The van der Waals surface area contributed by atoms with Crippen LogP contribution in [0.25, 0.3) is 33.6 Å². The molecule has 2 heteroatoms. The summed E-state index contributed by atoms with van der Waals surface area (Å²) in [5, 5.41) is 0. The molecule has 7 rings (SSSR count). The van der Waals surface area contributed by atoms with E-state index in [-0.39, 0.29) is 11.0 Å². The maximum absolute atomic E-state index is 2.68. The van der Waals surface area contributed by atoms with Crippen molar-refractivity contribution < 1.29 is 9.13 Å². The average molecular weight is 593 g/mol. The number of benzene rings is 3. The molecular weight excluding hydrogens is 544 g/mol. The lowest BCUT2D eigenvalue weighted by molar-refractivity contribution is -0.797. The Balaban J connectivity index is 1.42. The highest BCUT2D eigenvalue weighted by Gasteiger charge is 2.74. The number of hydrogen-bond donors (Lipinski definition) is 0. The third kappa shape index (κ3) is 4.51. The van der Waals surface area contributed by atoms with Gasteiger partial charge in [-0.1, -0.05) is 87.9 Å². The Bertz CT molecular complexity index is 1850. The van der Waals surface area contributed by atoms with Crippen LogP contribution in [0.4, 0.5) is 0 Å². The predicted molar refractivity (Wildman–Crippen MR) is 186 cm³/mol. The standard InChI is InChI=1S/C43H48N2/c1-6-9-18-33-23-24-37-39(27-33)43(8-3)35(28-42(43,7-2)45-25-16-15-22-40(37)45)29-44-30-38(34-19-11-10-12-20-34)32(5)26-41(44)36-21-14-13-17-31(36)4/h10-17,19-27,30,35H,6-9,18,28-29H2,1-5H3/q+2. The number of hydrogen-bond acceptors (Lipinski definition) is 0. The van der Waals surface area contributed by atoms with Crippen LogP contribution < -0.4 is 9.13 Å². The Morgan fingerprint density at radius 3 is 2.24 bits per heavy atom. The molecule has 0 saturated heterocycles. The summed E-state index contributed by atoms with van der Waals surface area (Å²) in [5.74, 6) is 0.516. The van der Waals surface area contributed by atoms with Crippen LogP contribution in [-0.2, 0) is 23.9 Å². The van der Waals surface area contributed by atoms with E-state index in [0.29, 0.717) is 5.92 Å². The smallest absolute Gasteiger partial charge is 0.197 e. The third-order valence-electron chi connectivity index (χ3n) is 11.5. The Kier molecular flexibility index (Phi) is 7.72. The van der Waals surface area contributed by atoms with Crippen LogP contribution in [0.3, 0.4) is 0 Å². The second-order valence-electron chi connectivity index (χ2n) is 13.6. The Morgan fingerprint density at radius 2 is 1.49 bits per heavy atom. The van der Waals surface area contributed by atoms with Crippen molar-refractivity contribution >= 4 is 0 Å². The largest absolute Gasteiger partial charge is 0.213 e. The second kappa shape index (κ2) is 11.7. The van der Waals surface area contributed by atoms with Crippen LogP contribution in [0, 0.1) is 19.8 Å². The minimum atomic E-state index is 0.0616. The van der Waals surface area contributed by atoms with E-state index in [2.05, 4.69) is 153 Å². The van der Waals surface area contributed by atoms with Crippen molar-refractivity contribution in [3.8, 4) is 33.6 Å². The first-order valence-corrected chi connectivity index (χ1v) is 17.3. The fraction of sp³-hybridized carbons (Fsp3) is 0.349. The molecule has 45 heavy (non-hydrogen) atoms. The van der Waals surface area contributed by atoms with Gasteiger partial charge in [0.2, 0.25) is 11.4 Å². The summed E-state index contributed by atoms with van der Waals surface area (Å²) < 4.78 is 5.30. The Morgan fingerprint density at radius 1 is 0.711 bits per heavy atom. The van der Waals surface area contributed by atoms with Gasteiger partial charge in [-0.05, 0) is 79.1 Å². The zero-order chi connectivity index (χ0) is 31.2. The van der Waals surface area contributed by atoms with E-state index < -0.39 is 0 Å². The highest BCUT2D eigenvalue weighted by Crippen LogP contribution is 2.65. The quantitative estimate of drug-likeness (QED) is 0.151. The summed E-state index contributed by atoms with van der Waals surface area (Å²) in [6.07, 6.45) is 11.9. The highest BCUT2D eigenvalue weighted by atomic mass is 15.1. The van der Waals surface area contributed by atoms with Crippen LogP contribution in [0.1, 0.15) is 75.1 Å². The second-order valence-corrected chi connectivity index (χ2v) is 13.6. The molecule has 3 heterocycles. The summed E-state index contributed by atoms with van der Waals surface area (Å²) >= 11 is 0. The van der Waals surface area contributed by atoms with Gasteiger partial charge in [-0.15, -0.1) is 0 Å². The molecule has 3 unspecified atom stereocenters. The zero-order valence-electron chi connectivity index (χ0n) is 27.8. The maximum atomic E-state index is 2.68. The SMILES string of the molecule is CCCCc1ccc2c(c1)C1(CC)C(C[n+]3cc(-c4ccccc4)c(C)cc3-c3ccccc3C)CC1(CC)[n+]1ccccc1-2. The van der Waals surface area contributed by atoms with Gasteiger partial charge in [-0.25, -0.2) is 0 Å². The monoisotopic (exact) mass is 592 g/mol. The van der Waals surface area contributed by atoms with Gasteiger partial charge >= 0.3 is 0 Å². The molecule has 2 nitrogen and oxygen atoms in total. The molecule has 0 radical (unpaired) electrons. The van der Waals surface area contributed by atoms with Crippen LogP contribution in [0.15, 0.2) is 109 Å². The van der Waals surface area contributed by atoms with E-state index in [1.165, 1.54) is 69.6 Å². The Hall–Kier alpha value is -4.04. The lowest BCUT2D eigenvalue weighted by Gasteiger charge is -2.61. The van der Waals surface area contributed by atoms with Crippen molar-refractivity contribution in [3.05, 3.63) is 132 Å². The van der Waals surface area contributed by atoms with Crippen molar-refractivity contribution in [2.75, 3.05) is 0 Å². The number of unbranched alkanes of at least 4 members (excludes halogenated alkanes) is 1. The lowest BCUT2D eigenvalue weighted by atomic mass is 9.41. The van der Waals surface area contributed by atoms with E-state index in [0.717, 1.165) is 25.8 Å². The lowest BCUT2D eigenvalue weighted by Crippen LogP contribution is -2.80. The minimum Gasteiger partial charge on any atom is -0.197 e. The highest BCUT2D eigenvalue weighted by molar-refractivity contribution is 5.70. The van der Waals surface area contributed by atoms with Gasteiger partial charge in [-0.2, -0.15) is 9.13 Å².